The molecule has 190 valence electrons. The van der Waals surface area contributed by atoms with Gasteiger partial charge in [0.05, 0.1) is 17.0 Å². The van der Waals surface area contributed by atoms with Gasteiger partial charge in [0.25, 0.3) is 0 Å². The second kappa shape index (κ2) is 11.0. The van der Waals surface area contributed by atoms with Crippen molar-refractivity contribution in [3.8, 4) is 11.3 Å². The fourth-order valence-electron chi connectivity index (χ4n) is 5.59. The Labute approximate surface area is 229 Å². The molecule has 1 N–H and O–H groups in total. The molecule has 4 aromatic carbocycles. The number of rotatable bonds is 8. The highest BCUT2D eigenvalue weighted by Gasteiger charge is 2.41. The van der Waals surface area contributed by atoms with Crippen LogP contribution in [0.4, 0.5) is 0 Å². The fraction of sp³-hybridized carbons (Fsp3) is 0.212. The zero-order valence-electron chi connectivity index (χ0n) is 21.6. The minimum Gasteiger partial charge on any atom is -0.311 e. The van der Waals surface area contributed by atoms with Gasteiger partial charge in [-0.05, 0) is 30.0 Å². The molecule has 5 aromatic rings. The van der Waals surface area contributed by atoms with E-state index in [-0.39, 0.29) is 4.75 Å². The smallest absolute Gasteiger partial charge is 0.115 e. The summed E-state index contributed by atoms with van der Waals surface area (Å²) in [6.07, 6.45) is 1.07. The standard InChI is InChI=1S/C33H32N4S/c1-25-32(26-14-6-2-7-15-26)35-36-37(25)24-30-22-31(23-34-30)38-33(27-16-8-3-9-17-27,28-18-10-4-11-19-28)29-20-12-5-13-21-29/h2-21,30-31,34H,22-24H2,1H3. The van der Waals surface area contributed by atoms with E-state index in [1.165, 1.54) is 16.7 Å². The van der Waals surface area contributed by atoms with E-state index in [1.807, 2.05) is 18.2 Å². The maximum Gasteiger partial charge on any atom is 0.115 e. The van der Waals surface area contributed by atoms with Gasteiger partial charge in [-0.25, -0.2) is 4.68 Å². The molecule has 38 heavy (non-hydrogen) atoms. The Bertz CT molecular complexity index is 1360. The van der Waals surface area contributed by atoms with Gasteiger partial charge in [0.1, 0.15) is 5.69 Å². The van der Waals surface area contributed by atoms with E-state index in [1.54, 1.807) is 0 Å². The number of aromatic nitrogens is 3. The Balaban J connectivity index is 1.28. The van der Waals surface area contributed by atoms with Crippen molar-refractivity contribution >= 4 is 11.8 Å². The summed E-state index contributed by atoms with van der Waals surface area (Å²) in [5.41, 5.74) is 7.12. The highest BCUT2D eigenvalue weighted by molar-refractivity contribution is 8.01. The molecule has 0 saturated carbocycles. The van der Waals surface area contributed by atoms with E-state index in [2.05, 4.69) is 142 Å². The van der Waals surface area contributed by atoms with Crippen LogP contribution in [0.1, 0.15) is 28.8 Å². The summed E-state index contributed by atoms with van der Waals surface area (Å²) in [6, 6.07) is 43.6. The van der Waals surface area contributed by atoms with Crippen LogP contribution in [0.3, 0.4) is 0 Å². The lowest BCUT2D eigenvalue weighted by Gasteiger charge is -2.37. The number of thioether (sulfide) groups is 1. The Kier molecular flexibility index (Phi) is 7.12. The third-order valence-electron chi connectivity index (χ3n) is 7.49. The summed E-state index contributed by atoms with van der Waals surface area (Å²) in [6.45, 7) is 3.90. The molecule has 0 amide bonds. The molecule has 0 radical (unpaired) electrons. The van der Waals surface area contributed by atoms with E-state index in [0.717, 1.165) is 36.5 Å². The van der Waals surface area contributed by atoms with Crippen LogP contribution in [-0.2, 0) is 11.3 Å². The van der Waals surface area contributed by atoms with Gasteiger partial charge in [-0.1, -0.05) is 127 Å². The maximum atomic E-state index is 4.52. The minimum absolute atomic E-state index is 0.297. The quantitative estimate of drug-likeness (QED) is 0.233. The van der Waals surface area contributed by atoms with Crippen molar-refractivity contribution in [3.05, 3.63) is 144 Å². The van der Waals surface area contributed by atoms with Gasteiger partial charge < -0.3 is 5.32 Å². The van der Waals surface area contributed by atoms with Crippen LogP contribution < -0.4 is 5.32 Å². The third kappa shape index (κ3) is 4.80. The minimum atomic E-state index is -0.297. The molecule has 1 aliphatic rings. The van der Waals surface area contributed by atoms with Crippen molar-refractivity contribution in [2.75, 3.05) is 6.54 Å². The highest BCUT2D eigenvalue weighted by atomic mass is 32.2. The average Bonchev–Trinajstić information content (AvgIpc) is 3.59. The van der Waals surface area contributed by atoms with Gasteiger partial charge in [0.2, 0.25) is 0 Å². The fourth-order valence-corrected chi connectivity index (χ4v) is 7.41. The third-order valence-corrected chi connectivity index (χ3v) is 9.24. The summed E-state index contributed by atoms with van der Waals surface area (Å²) >= 11 is 2.07. The predicted octanol–water partition coefficient (Wildman–Crippen LogP) is 6.71. The van der Waals surface area contributed by atoms with Gasteiger partial charge in [0, 0.05) is 23.4 Å². The second-order valence-corrected chi connectivity index (χ2v) is 11.4. The first-order chi connectivity index (χ1) is 18.7. The molecule has 5 heteroatoms. The van der Waals surface area contributed by atoms with Crippen LogP contribution in [-0.4, -0.2) is 32.8 Å². The average molecular weight is 517 g/mol. The Morgan fingerprint density at radius 3 is 1.79 bits per heavy atom. The lowest BCUT2D eigenvalue weighted by molar-refractivity contribution is 0.460. The number of nitrogens with zero attached hydrogens (tertiary/aromatic N) is 3. The number of hydrogen-bond donors (Lipinski definition) is 1. The van der Waals surface area contributed by atoms with Crippen LogP contribution in [0.15, 0.2) is 121 Å². The Morgan fingerprint density at radius 1 is 0.763 bits per heavy atom. The van der Waals surface area contributed by atoms with Crippen molar-refractivity contribution in [2.24, 2.45) is 0 Å². The molecule has 2 atom stereocenters. The molecule has 1 fully saturated rings. The SMILES string of the molecule is Cc1c(-c2ccccc2)nnn1CC1CC(SC(c2ccccc2)(c2ccccc2)c2ccccc2)CN1. The summed E-state index contributed by atoms with van der Waals surface area (Å²) in [4.78, 5) is 0. The topological polar surface area (TPSA) is 42.7 Å². The number of benzene rings is 4. The summed E-state index contributed by atoms with van der Waals surface area (Å²) in [5.74, 6) is 0. The van der Waals surface area contributed by atoms with E-state index >= 15 is 0 Å². The van der Waals surface area contributed by atoms with Gasteiger partial charge in [-0.15, -0.1) is 16.9 Å². The van der Waals surface area contributed by atoms with E-state index in [9.17, 15) is 0 Å². The van der Waals surface area contributed by atoms with Crippen LogP contribution in [0.2, 0.25) is 0 Å². The first-order valence-electron chi connectivity index (χ1n) is 13.3. The zero-order chi connectivity index (χ0) is 25.8. The van der Waals surface area contributed by atoms with Crippen molar-refractivity contribution in [1.82, 2.24) is 20.3 Å². The van der Waals surface area contributed by atoms with Gasteiger partial charge in [0.15, 0.2) is 0 Å². The second-order valence-electron chi connectivity index (χ2n) is 9.93. The molecule has 0 bridgehead atoms. The largest absolute Gasteiger partial charge is 0.311 e. The molecular weight excluding hydrogens is 484 g/mol. The van der Waals surface area contributed by atoms with E-state index < -0.39 is 0 Å². The van der Waals surface area contributed by atoms with Gasteiger partial charge in [-0.2, -0.15) is 0 Å². The Hall–Kier alpha value is -3.67. The first kappa shape index (κ1) is 24.7. The summed E-state index contributed by atoms with van der Waals surface area (Å²) in [5, 5.41) is 13.3. The summed E-state index contributed by atoms with van der Waals surface area (Å²) < 4.78 is 1.76. The van der Waals surface area contributed by atoms with Crippen LogP contribution in [0, 0.1) is 6.92 Å². The molecule has 2 unspecified atom stereocenters. The normalized spacial score (nSPS) is 17.5. The molecule has 1 aromatic heterocycles. The van der Waals surface area contributed by atoms with Crippen LogP contribution in [0.25, 0.3) is 11.3 Å². The number of hydrogen-bond acceptors (Lipinski definition) is 4. The van der Waals surface area contributed by atoms with E-state index in [0.29, 0.717) is 11.3 Å². The monoisotopic (exact) mass is 516 g/mol. The Morgan fingerprint density at radius 2 is 1.26 bits per heavy atom. The summed E-state index contributed by atoms with van der Waals surface area (Å²) in [7, 11) is 0. The molecule has 0 spiro atoms. The maximum absolute atomic E-state index is 4.52. The van der Waals surface area contributed by atoms with Gasteiger partial charge >= 0.3 is 0 Å². The number of nitrogens with one attached hydrogen (secondary N) is 1. The molecular formula is C33H32N4S. The van der Waals surface area contributed by atoms with Crippen molar-refractivity contribution in [3.63, 3.8) is 0 Å². The highest BCUT2D eigenvalue weighted by Crippen LogP contribution is 2.51. The van der Waals surface area contributed by atoms with Crippen molar-refractivity contribution in [1.29, 1.82) is 0 Å². The molecule has 2 heterocycles. The molecule has 4 nitrogen and oxygen atoms in total. The van der Waals surface area contributed by atoms with Crippen LogP contribution >= 0.6 is 11.8 Å². The molecule has 6 rings (SSSR count). The lowest BCUT2D eigenvalue weighted by atomic mass is 9.84. The molecule has 1 saturated heterocycles. The van der Waals surface area contributed by atoms with E-state index in [4.69, 9.17) is 0 Å². The molecule has 0 aliphatic carbocycles. The molecule has 1 aliphatic heterocycles. The van der Waals surface area contributed by atoms with Crippen molar-refractivity contribution in [2.45, 2.75) is 35.9 Å². The van der Waals surface area contributed by atoms with Crippen molar-refractivity contribution < 1.29 is 0 Å². The predicted molar refractivity (Wildman–Crippen MR) is 157 cm³/mol. The van der Waals surface area contributed by atoms with Crippen LogP contribution in [0.5, 0.6) is 0 Å². The lowest BCUT2D eigenvalue weighted by Crippen LogP contribution is -2.29. The first-order valence-corrected chi connectivity index (χ1v) is 14.2. The van der Waals surface area contributed by atoms with Gasteiger partial charge in [-0.3, -0.25) is 0 Å². The zero-order valence-corrected chi connectivity index (χ0v) is 22.4.